The van der Waals surface area contributed by atoms with Gasteiger partial charge in [0.1, 0.15) is 0 Å². The molecular weight excluding hydrogens is 278 g/mol. The van der Waals surface area contributed by atoms with Crippen molar-refractivity contribution in [2.24, 2.45) is 0 Å². The molecule has 1 aromatic carbocycles. The summed E-state index contributed by atoms with van der Waals surface area (Å²) < 4.78 is 1.86. The molecule has 0 aliphatic carbocycles. The second-order valence-electron chi connectivity index (χ2n) is 4.95. The minimum Gasteiger partial charge on any atom is -0.247 e. The Morgan fingerprint density at radius 3 is 2.81 bits per heavy atom. The van der Waals surface area contributed by atoms with Gasteiger partial charge in [-0.3, -0.25) is 0 Å². The maximum absolute atomic E-state index is 4.82. The van der Waals surface area contributed by atoms with Gasteiger partial charge >= 0.3 is 0 Å². The summed E-state index contributed by atoms with van der Waals surface area (Å²) in [5.74, 6) is 0. The molecular formula is C17H13N3S. The fraction of sp³-hybridized carbons (Fsp3) is 0.0588. The molecule has 0 N–H and O–H groups in total. The van der Waals surface area contributed by atoms with Crippen molar-refractivity contribution in [1.82, 2.24) is 14.8 Å². The highest BCUT2D eigenvalue weighted by Crippen LogP contribution is 2.28. The summed E-state index contributed by atoms with van der Waals surface area (Å²) in [6.07, 6.45) is 3.72. The highest BCUT2D eigenvalue weighted by atomic mass is 32.1. The number of aromatic nitrogens is 3. The first kappa shape index (κ1) is 12.3. The number of benzene rings is 1. The van der Waals surface area contributed by atoms with Crippen LogP contribution in [0.4, 0.5) is 0 Å². The van der Waals surface area contributed by atoms with Crippen LogP contribution in [0.15, 0.2) is 60.2 Å². The lowest BCUT2D eigenvalue weighted by Gasteiger charge is -2.08. The number of hydrogen-bond donors (Lipinski definition) is 0. The smallest absolute Gasteiger partial charge is 0.0812 e. The number of nitrogens with zero attached hydrogens (tertiary/aromatic N) is 3. The molecule has 0 saturated heterocycles. The fourth-order valence-electron chi connectivity index (χ4n) is 2.51. The third kappa shape index (κ3) is 2.14. The normalized spacial score (nSPS) is 11.1. The van der Waals surface area contributed by atoms with E-state index in [9.17, 15) is 0 Å². The van der Waals surface area contributed by atoms with Crippen molar-refractivity contribution in [3.05, 3.63) is 65.8 Å². The van der Waals surface area contributed by atoms with Crippen LogP contribution in [0.2, 0.25) is 0 Å². The molecule has 4 aromatic rings. The third-order valence-electron chi connectivity index (χ3n) is 3.54. The van der Waals surface area contributed by atoms with Crippen molar-refractivity contribution in [2.75, 3.05) is 0 Å². The number of thiophene rings is 1. The zero-order chi connectivity index (χ0) is 14.2. The first-order valence-electron chi connectivity index (χ1n) is 6.76. The number of fused-ring (bicyclic) bond motifs is 1. The van der Waals surface area contributed by atoms with Gasteiger partial charge in [0.15, 0.2) is 0 Å². The Morgan fingerprint density at radius 1 is 1.10 bits per heavy atom. The topological polar surface area (TPSA) is 30.7 Å². The lowest BCUT2D eigenvalue weighted by Crippen LogP contribution is -1.95. The maximum Gasteiger partial charge on any atom is 0.0812 e. The molecule has 3 heterocycles. The summed E-state index contributed by atoms with van der Waals surface area (Å²) in [6.45, 7) is 2.13. The van der Waals surface area contributed by atoms with Gasteiger partial charge in [0.05, 0.1) is 21.8 Å². The minimum absolute atomic E-state index is 1.01. The monoisotopic (exact) mass is 291 g/mol. The van der Waals surface area contributed by atoms with E-state index in [1.165, 1.54) is 15.8 Å². The van der Waals surface area contributed by atoms with Gasteiger partial charge in [0.25, 0.3) is 0 Å². The molecule has 0 amide bonds. The zero-order valence-electron chi connectivity index (χ0n) is 11.5. The molecule has 102 valence electrons. The summed E-state index contributed by atoms with van der Waals surface area (Å²) >= 11 is 1.72. The van der Waals surface area contributed by atoms with Gasteiger partial charge < -0.3 is 0 Å². The lowest BCUT2D eigenvalue weighted by atomic mass is 10.1. The molecule has 0 atom stereocenters. The van der Waals surface area contributed by atoms with Crippen LogP contribution in [0.1, 0.15) is 5.56 Å². The Morgan fingerprint density at radius 2 is 2.05 bits per heavy atom. The standard InChI is InChI=1S/C17H13N3S/c1-12-10-16(17-4-2-9-21-17)19-15-11-13(5-6-14(12)15)20-8-3-7-18-20/h2-11H,1H3. The Balaban J connectivity index is 1.93. The van der Waals surface area contributed by atoms with Crippen LogP contribution in [0.25, 0.3) is 27.2 Å². The van der Waals surface area contributed by atoms with E-state index in [1.807, 2.05) is 16.9 Å². The number of rotatable bonds is 2. The molecule has 0 unspecified atom stereocenters. The van der Waals surface area contributed by atoms with E-state index in [0.29, 0.717) is 0 Å². The number of hydrogen-bond acceptors (Lipinski definition) is 3. The molecule has 0 aliphatic heterocycles. The summed E-state index contributed by atoms with van der Waals surface area (Å²) in [4.78, 5) is 6.02. The second kappa shape index (κ2) is 4.82. The van der Waals surface area contributed by atoms with Gasteiger partial charge in [-0.25, -0.2) is 9.67 Å². The SMILES string of the molecule is Cc1cc(-c2cccs2)nc2cc(-n3cccn3)ccc12. The highest BCUT2D eigenvalue weighted by Gasteiger charge is 2.07. The largest absolute Gasteiger partial charge is 0.247 e. The average Bonchev–Trinajstić information content (AvgIpc) is 3.20. The van der Waals surface area contributed by atoms with Crippen LogP contribution >= 0.6 is 11.3 Å². The molecule has 4 heteroatoms. The molecule has 4 rings (SSSR count). The van der Waals surface area contributed by atoms with Gasteiger partial charge in [-0.15, -0.1) is 11.3 Å². The van der Waals surface area contributed by atoms with Crippen molar-refractivity contribution in [1.29, 1.82) is 0 Å². The fourth-order valence-corrected chi connectivity index (χ4v) is 3.19. The van der Waals surface area contributed by atoms with Gasteiger partial charge in [-0.1, -0.05) is 12.1 Å². The summed E-state index contributed by atoms with van der Waals surface area (Å²) in [7, 11) is 0. The van der Waals surface area contributed by atoms with Crippen LogP contribution in [0, 0.1) is 6.92 Å². The first-order valence-corrected chi connectivity index (χ1v) is 7.64. The Labute approximate surface area is 126 Å². The van der Waals surface area contributed by atoms with Crippen molar-refractivity contribution < 1.29 is 0 Å². The van der Waals surface area contributed by atoms with Crippen molar-refractivity contribution in [2.45, 2.75) is 6.92 Å². The third-order valence-corrected chi connectivity index (χ3v) is 4.44. The highest BCUT2D eigenvalue weighted by molar-refractivity contribution is 7.13. The summed E-state index contributed by atoms with van der Waals surface area (Å²) in [5, 5.41) is 7.55. The molecule has 3 nitrogen and oxygen atoms in total. The van der Waals surface area contributed by atoms with Crippen LogP contribution in [-0.2, 0) is 0 Å². The molecule has 0 saturated carbocycles. The number of pyridine rings is 1. The Hall–Kier alpha value is -2.46. The van der Waals surface area contributed by atoms with Gasteiger partial charge in [-0.2, -0.15) is 5.10 Å². The van der Waals surface area contributed by atoms with Gasteiger partial charge in [0, 0.05) is 17.8 Å². The van der Waals surface area contributed by atoms with E-state index in [4.69, 9.17) is 4.98 Å². The molecule has 0 spiro atoms. The van der Waals surface area contributed by atoms with Crippen molar-refractivity contribution in [3.8, 4) is 16.3 Å². The van der Waals surface area contributed by atoms with Crippen molar-refractivity contribution >= 4 is 22.2 Å². The number of aryl methyl sites for hydroxylation is 1. The molecule has 21 heavy (non-hydrogen) atoms. The van der Waals surface area contributed by atoms with Crippen molar-refractivity contribution in [3.63, 3.8) is 0 Å². The Bertz CT molecular complexity index is 888. The van der Waals surface area contributed by atoms with E-state index in [1.54, 1.807) is 17.5 Å². The average molecular weight is 291 g/mol. The molecule has 3 aromatic heterocycles. The first-order chi connectivity index (χ1) is 10.3. The van der Waals surface area contributed by atoms with Gasteiger partial charge in [0.2, 0.25) is 0 Å². The quantitative estimate of drug-likeness (QED) is 0.546. The van der Waals surface area contributed by atoms with Crippen LogP contribution in [-0.4, -0.2) is 14.8 Å². The van der Waals surface area contributed by atoms with Gasteiger partial charge in [-0.05, 0) is 48.2 Å². The van der Waals surface area contributed by atoms with Crippen LogP contribution in [0.5, 0.6) is 0 Å². The van der Waals surface area contributed by atoms with Crippen LogP contribution < -0.4 is 0 Å². The molecule has 0 fully saturated rings. The predicted molar refractivity (Wildman–Crippen MR) is 86.9 cm³/mol. The molecule has 0 aliphatic rings. The van der Waals surface area contributed by atoms with E-state index in [0.717, 1.165) is 16.9 Å². The van der Waals surface area contributed by atoms with E-state index >= 15 is 0 Å². The molecule has 0 radical (unpaired) electrons. The van der Waals surface area contributed by atoms with E-state index in [2.05, 4.69) is 53.8 Å². The predicted octanol–water partition coefficient (Wildman–Crippen LogP) is 4.46. The van der Waals surface area contributed by atoms with E-state index < -0.39 is 0 Å². The maximum atomic E-state index is 4.82. The second-order valence-corrected chi connectivity index (χ2v) is 5.90. The van der Waals surface area contributed by atoms with E-state index in [-0.39, 0.29) is 0 Å². The molecule has 0 bridgehead atoms. The lowest BCUT2D eigenvalue weighted by molar-refractivity contribution is 0.881. The Kier molecular flexibility index (Phi) is 2.82. The van der Waals surface area contributed by atoms with Crippen LogP contribution in [0.3, 0.4) is 0 Å². The summed E-state index contributed by atoms with van der Waals surface area (Å²) in [6, 6.07) is 14.5. The summed E-state index contributed by atoms with van der Waals surface area (Å²) in [5.41, 5.74) is 4.32. The zero-order valence-corrected chi connectivity index (χ0v) is 12.3. The minimum atomic E-state index is 1.01.